The van der Waals surface area contributed by atoms with E-state index in [1.165, 1.54) is 12.3 Å². The predicted octanol–water partition coefficient (Wildman–Crippen LogP) is 2.42. The van der Waals surface area contributed by atoms with Gasteiger partial charge in [-0.05, 0) is 30.7 Å². The lowest BCUT2D eigenvalue weighted by atomic mass is 10.1. The quantitative estimate of drug-likeness (QED) is 0.791. The van der Waals surface area contributed by atoms with Crippen molar-refractivity contribution in [3.63, 3.8) is 0 Å². The number of benzene rings is 1. The molecule has 0 aliphatic heterocycles. The lowest BCUT2D eigenvalue weighted by Gasteiger charge is -2.09. The number of nitrogens with zero attached hydrogens (tertiary/aromatic N) is 3. The van der Waals surface area contributed by atoms with Crippen molar-refractivity contribution in [2.75, 3.05) is 5.32 Å². The molecule has 100 valence electrons. The zero-order valence-electron chi connectivity index (χ0n) is 10.8. The van der Waals surface area contributed by atoms with E-state index in [0.717, 1.165) is 11.3 Å². The molecule has 1 amide bonds. The van der Waals surface area contributed by atoms with Crippen molar-refractivity contribution in [1.29, 1.82) is 0 Å². The highest BCUT2D eigenvalue weighted by atomic mass is 16.5. The molecule has 6 heteroatoms. The van der Waals surface area contributed by atoms with Crippen LogP contribution in [0.4, 0.5) is 5.69 Å². The molecule has 3 rings (SSSR count). The fourth-order valence-corrected chi connectivity index (χ4v) is 1.82. The minimum absolute atomic E-state index is 0.244. The second kappa shape index (κ2) is 5.00. The average molecular weight is 268 g/mol. The number of aryl methyl sites for hydroxylation is 1. The van der Waals surface area contributed by atoms with Gasteiger partial charge in [-0.25, -0.2) is 4.68 Å². The molecule has 0 radical (unpaired) electrons. The summed E-state index contributed by atoms with van der Waals surface area (Å²) in [6.45, 7) is 1.92. The van der Waals surface area contributed by atoms with Crippen LogP contribution in [-0.4, -0.2) is 20.8 Å². The smallest absolute Gasteiger partial charge is 0.277 e. The molecule has 2 aromatic heterocycles. The molecule has 1 aromatic carbocycles. The Labute approximate surface area is 115 Å². The Bertz CT molecular complexity index is 718. The van der Waals surface area contributed by atoms with Crippen molar-refractivity contribution in [1.82, 2.24) is 14.9 Å². The van der Waals surface area contributed by atoms with Gasteiger partial charge in [-0.15, -0.1) is 0 Å². The number of carbonyl (C=O) groups is 1. The Balaban J connectivity index is 1.89. The third-order valence-corrected chi connectivity index (χ3v) is 2.91. The Hall–Kier alpha value is -2.89. The highest BCUT2D eigenvalue weighted by Gasteiger charge is 2.11. The minimum Gasteiger partial charge on any atom is -0.364 e. The van der Waals surface area contributed by atoms with Gasteiger partial charge in [-0.1, -0.05) is 11.2 Å². The molecule has 0 saturated heterocycles. The molecule has 2 heterocycles. The standard InChI is InChI=1S/C14H12N4O2/c1-10-3-4-11(18-7-2-6-15-18)9-13(10)16-14(19)12-5-8-20-17-12/h2-9H,1H3,(H,16,19). The molecule has 3 aromatic rings. The van der Waals surface area contributed by atoms with E-state index in [9.17, 15) is 4.79 Å². The number of aromatic nitrogens is 3. The van der Waals surface area contributed by atoms with Gasteiger partial charge >= 0.3 is 0 Å². The lowest BCUT2D eigenvalue weighted by Crippen LogP contribution is -2.13. The van der Waals surface area contributed by atoms with Gasteiger partial charge in [0.15, 0.2) is 5.69 Å². The number of carbonyl (C=O) groups excluding carboxylic acids is 1. The van der Waals surface area contributed by atoms with Crippen LogP contribution in [0.3, 0.4) is 0 Å². The summed E-state index contributed by atoms with van der Waals surface area (Å²) in [6.07, 6.45) is 4.91. The van der Waals surface area contributed by atoms with Crippen molar-refractivity contribution >= 4 is 11.6 Å². The largest absolute Gasteiger partial charge is 0.364 e. The van der Waals surface area contributed by atoms with Gasteiger partial charge in [-0.3, -0.25) is 4.79 Å². The van der Waals surface area contributed by atoms with Crippen LogP contribution in [0.15, 0.2) is 53.5 Å². The van der Waals surface area contributed by atoms with Crippen LogP contribution >= 0.6 is 0 Å². The van der Waals surface area contributed by atoms with Crippen LogP contribution in [0.5, 0.6) is 0 Å². The van der Waals surface area contributed by atoms with Crippen LogP contribution in [0.1, 0.15) is 16.1 Å². The number of anilines is 1. The molecule has 6 nitrogen and oxygen atoms in total. The maximum Gasteiger partial charge on any atom is 0.277 e. The van der Waals surface area contributed by atoms with Gasteiger partial charge in [0.25, 0.3) is 5.91 Å². The number of nitrogens with one attached hydrogen (secondary N) is 1. The van der Waals surface area contributed by atoms with Crippen LogP contribution < -0.4 is 5.32 Å². The highest BCUT2D eigenvalue weighted by Crippen LogP contribution is 2.19. The maximum absolute atomic E-state index is 12.0. The molecular formula is C14H12N4O2. The average Bonchev–Trinajstić information content (AvgIpc) is 3.14. The summed E-state index contributed by atoms with van der Waals surface area (Å²) in [5, 5.41) is 10.6. The summed E-state index contributed by atoms with van der Waals surface area (Å²) in [7, 11) is 0. The first-order chi connectivity index (χ1) is 9.74. The summed E-state index contributed by atoms with van der Waals surface area (Å²) in [5.74, 6) is -0.306. The normalized spacial score (nSPS) is 10.4. The van der Waals surface area contributed by atoms with E-state index in [1.807, 2.05) is 37.4 Å². The Morgan fingerprint density at radius 3 is 2.95 bits per heavy atom. The van der Waals surface area contributed by atoms with Gasteiger partial charge in [-0.2, -0.15) is 5.10 Å². The van der Waals surface area contributed by atoms with Crippen molar-refractivity contribution in [2.45, 2.75) is 6.92 Å². The van der Waals surface area contributed by atoms with E-state index < -0.39 is 0 Å². The van der Waals surface area contributed by atoms with E-state index in [1.54, 1.807) is 10.9 Å². The summed E-state index contributed by atoms with van der Waals surface area (Å²) in [4.78, 5) is 12.0. The highest BCUT2D eigenvalue weighted by molar-refractivity contribution is 6.03. The molecule has 0 fully saturated rings. The molecule has 0 aliphatic carbocycles. The van der Waals surface area contributed by atoms with Gasteiger partial charge in [0.2, 0.25) is 0 Å². The summed E-state index contributed by atoms with van der Waals surface area (Å²) in [5.41, 5.74) is 2.79. The van der Waals surface area contributed by atoms with Crippen LogP contribution in [-0.2, 0) is 0 Å². The third kappa shape index (κ3) is 2.31. The predicted molar refractivity (Wildman–Crippen MR) is 72.8 cm³/mol. The van der Waals surface area contributed by atoms with Crippen molar-refractivity contribution in [2.24, 2.45) is 0 Å². The number of hydrogen-bond acceptors (Lipinski definition) is 4. The van der Waals surface area contributed by atoms with Gasteiger partial charge in [0.1, 0.15) is 6.26 Å². The summed E-state index contributed by atoms with van der Waals surface area (Å²) >= 11 is 0. The first-order valence-electron chi connectivity index (χ1n) is 6.06. The minimum atomic E-state index is -0.306. The van der Waals surface area contributed by atoms with Crippen molar-refractivity contribution in [3.05, 3.63) is 60.2 Å². The van der Waals surface area contributed by atoms with E-state index in [-0.39, 0.29) is 11.6 Å². The topological polar surface area (TPSA) is 73.0 Å². The number of hydrogen-bond donors (Lipinski definition) is 1. The van der Waals surface area contributed by atoms with E-state index >= 15 is 0 Å². The van der Waals surface area contributed by atoms with E-state index in [4.69, 9.17) is 0 Å². The van der Waals surface area contributed by atoms with Crippen LogP contribution in [0, 0.1) is 6.92 Å². The first-order valence-corrected chi connectivity index (χ1v) is 6.06. The molecule has 0 saturated carbocycles. The monoisotopic (exact) mass is 268 g/mol. The molecule has 0 bridgehead atoms. The zero-order valence-corrected chi connectivity index (χ0v) is 10.8. The molecule has 0 aliphatic rings. The Kier molecular flexibility index (Phi) is 3.04. The van der Waals surface area contributed by atoms with Crippen molar-refractivity contribution < 1.29 is 9.32 Å². The van der Waals surface area contributed by atoms with E-state index in [2.05, 4.69) is 20.1 Å². The van der Waals surface area contributed by atoms with E-state index in [0.29, 0.717) is 5.69 Å². The molecule has 1 N–H and O–H groups in total. The summed E-state index contributed by atoms with van der Waals surface area (Å²) in [6, 6.07) is 9.08. The third-order valence-electron chi connectivity index (χ3n) is 2.91. The SMILES string of the molecule is Cc1ccc(-n2cccn2)cc1NC(=O)c1ccon1. The zero-order chi connectivity index (χ0) is 13.9. The Morgan fingerprint density at radius 2 is 2.25 bits per heavy atom. The number of rotatable bonds is 3. The second-order valence-electron chi connectivity index (χ2n) is 4.29. The first kappa shape index (κ1) is 12.2. The molecule has 20 heavy (non-hydrogen) atoms. The van der Waals surface area contributed by atoms with Crippen LogP contribution in [0.2, 0.25) is 0 Å². The number of amides is 1. The molecule has 0 unspecified atom stereocenters. The molecule has 0 spiro atoms. The maximum atomic E-state index is 12.0. The lowest BCUT2D eigenvalue weighted by molar-refractivity contribution is 0.101. The Morgan fingerprint density at radius 1 is 1.35 bits per heavy atom. The fourth-order valence-electron chi connectivity index (χ4n) is 1.82. The fraction of sp³-hybridized carbons (Fsp3) is 0.0714. The van der Waals surface area contributed by atoms with Gasteiger partial charge < -0.3 is 9.84 Å². The summed E-state index contributed by atoms with van der Waals surface area (Å²) < 4.78 is 6.39. The van der Waals surface area contributed by atoms with Gasteiger partial charge in [0.05, 0.1) is 5.69 Å². The molecular weight excluding hydrogens is 256 g/mol. The molecule has 0 atom stereocenters. The van der Waals surface area contributed by atoms with Crippen molar-refractivity contribution in [3.8, 4) is 5.69 Å². The van der Waals surface area contributed by atoms with Crippen LogP contribution in [0.25, 0.3) is 5.69 Å². The van der Waals surface area contributed by atoms with Gasteiger partial charge in [0, 0.05) is 24.1 Å². The second-order valence-corrected chi connectivity index (χ2v) is 4.29.